The minimum atomic E-state index is -0.942. The maximum Gasteiger partial charge on any atom is 0.325 e. The molecule has 0 aromatic heterocycles. The fourth-order valence-corrected chi connectivity index (χ4v) is 1.28. The van der Waals surface area contributed by atoms with E-state index in [1.54, 1.807) is 0 Å². The molecule has 0 aliphatic heterocycles. The summed E-state index contributed by atoms with van der Waals surface area (Å²) in [6.45, 7) is -0.201. The van der Waals surface area contributed by atoms with Gasteiger partial charge in [0.1, 0.15) is 6.54 Å². The summed E-state index contributed by atoms with van der Waals surface area (Å²) < 4.78 is 29.9. The molecule has 0 heterocycles. The van der Waals surface area contributed by atoms with Crippen LogP contribution in [0.15, 0.2) is 18.2 Å². The first kappa shape index (κ1) is 14.1. The van der Waals surface area contributed by atoms with E-state index in [1.165, 1.54) is 13.2 Å². The van der Waals surface area contributed by atoms with Crippen LogP contribution in [-0.4, -0.2) is 25.5 Å². The lowest BCUT2D eigenvalue weighted by Gasteiger charge is -2.04. The smallest absolute Gasteiger partial charge is 0.325 e. The molecule has 0 radical (unpaired) electrons. The summed E-state index contributed by atoms with van der Waals surface area (Å²) >= 11 is 0. The van der Waals surface area contributed by atoms with Gasteiger partial charge in [-0.1, -0.05) is 6.07 Å². The minimum absolute atomic E-state index is 0.0854. The summed E-state index contributed by atoms with van der Waals surface area (Å²) in [6, 6.07) is 3.46. The predicted molar refractivity (Wildman–Crippen MR) is 59.7 cm³/mol. The largest absolute Gasteiger partial charge is 0.468 e. The van der Waals surface area contributed by atoms with Crippen LogP contribution >= 0.6 is 0 Å². The number of ether oxygens (including phenoxy) is 1. The summed E-state index contributed by atoms with van der Waals surface area (Å²) in [5.74, 6) is -2.77. The van der Waals surface area contributed by atoms with Crippen molar-refractivity contribution in [1.82, 2.24) is 5.32 Å². The summed E-state index contributed by atoms with van der Waals surface area (Å²) in [4.78, 5) is 22.0. The van der Waals surface area contributed by atoms with Gasteiger partial charge in [-0.05, 0) is 24.1 Å². The molecule has 98 valence electrons. The number of rotatable bonds is 5. The van der Waals surface area contributed by atoms with Gasteiger partial charge in [0.25, 0.3) is 0 Å². The molecule has 0 bridgehead atoms. The quantitative estimate of drug-likeness (QED) is 0.806. The van der Waals surface area contributed by atoms with Crippen molar-refractivity contribution in [2.75, 3.05) is 13.7 Å². The monoisotopic (exact) mass is 257 g/mol. The Morgan fingerprint density at radius 3 is 2.61 bits per heavy atom. The lowest BCUT2D eigenvalue weighted by molar-refractivity contribution is -0.141. The van der Waals surface area contributed by atoms with Crippen LogP contribution in [0.25, 0.3) is 0 Å². The lowest BCUT2D eigenvalue weighted by atomic mass is 10.1. The number of nitrogens with one attached hydrogen (secondary N) is 1. The topological polar surface area (TPSA) is 55.4 Å². The van der Waals surface area contributed by atoms with Crippen molar-refractivity contribution < 1.29 is 23.1 Å². The second-order valence-corrected chi connectivity index (χ2v) is 3.60. The summed E-state index contributed by atoms with van der Waals surface area (Å²) in [7, 11) is 1.22. The third-order valence-corrected chi connectivity index (χ3v) is 2.28. The normalized spacial score (nSPS) is 9.94. The fourth-order valence-electron chi connectivity index (χ4n) is 1.28. The molecule has 0 atom stereocenters. The average Bonchev–Trinajstić information content (AvgIpc) is 2.37. The Bertz CT molecular complexity index is 449. The molecule has 18 heavy (non-hydrogen) atoms. The number of benzene rings is 1. The zero-order chi connectivity index (χ0) is 13.5. The Balaban J connectivity index is 2.38. The van der Waals surface area contributed by atoms with Crippen molar-refractivity contribution in [2.45, 2.75) is 12.8 Å². The Morgan fingerprint density at radius 2 is 2.00 bits per heavy atom. The Kier molecular flexibility index (Phi) is 5.23. The number of halogens is 2. The van der Waals surface area contributed by atoms with Crippen LogP contribution in [0.4, 0.5) is 8.78 Å². The first-order chi connectivity index (χ1) is 8.52. The molecular formula is C12H13F2NO3. The number of esters is 1. The maximum atomic E-state index is 12.9. The third-order valence-electron chi connectivity index (χ3n) is 2.28. The summed E-state index contributed by atoms with van der Waals surface area (Å²) in [5.41, 5.74) is 0.516. The van der Waals surface area contributed by atoms with Crippen molar-refractivity contribution in [1.29, 1.82) is 0 Å². The predicted octanol–water partition coefficient (Wildman–Crippen LogP) is 1.19. The second kappa shape index (κ2) is 6.68. The SMILES string of the molecule is COC(=O)CNC(=O)CCc1ccc(F)c(F)c1. The van der Waals surface area contributed by atoms with Crippen LogP contribution in [-0.2, 0) is 20.7 Å². The Morgan fingerprint density at radius 1 is 1.28 bits per heavy atom. The number of methoxy groups -OCH3 is 1. The van der Waals surface area contributed by atoms with E-state index in [2.05, 4.69) is 10.1 Å². The number of hydrogen-bond acceptors (Lipinski definition) is 3. The number of hydrogen-bond donors (Lipinski definition) is 1. The molecule has 1 aromatic carbocycles. The molecular weight excluding hydrogens is 244 g/mol. The Labute approximate surface area is 103 Å². The van der Waals surface area contributed by atoms with Crippen LogP contribution in [0.2, 0.25) is 0 Å². The number of aryl methyl sites for hydroxylation is 1. The van der Waals surface area contributed by atoms with E-state index in [4.69, 9.17) is 0 Å². The van der Waals surface area contributed by atoms with Crippen LogP contribution in [0.5, 0.6) is 0 Å². The number of amides is 1. The Hall–Kier alpha value is -1.98. The molecule has 1 N–H and O–H groups in total. The van der Waals surface area contributed by atoms with Gasteiger partial charge in [0.2, 0.25) is 5.91 Å². The van der Waals surface area contributed by atoms with E-state index in [0.717, 1.165) is 12.1 Å². The maximum absolute atomic E-state index is 12.9. The van der Waals surface area contributed by atoms with Gasteiger partial charge in [-0.15, -0.1) is 0 Å². The van der Waals surface area contributed by atoms with Crippen LogP contribution < -0.4 is 5.32 Å². The molecule has 1 rings (SSSR count). The van der Waals surface area contributed by atoms with Crippen LogP contribution in [0.3, 0.4) is 0 Å². The van der Waals surface area contributed by atoms with Crippen molar-refractivity contribution in [3.8, 4) is 0 Å². The molecule has 0 spiro atoms. The molecule has 0 aliphatic rings. The van der Waals surface area contributed by atoms with Gasteiger partial charge in [-0.2, -0.15) is 0 Å². The van der Waals surface area contributed by atoms with Gasteiger partial charge in [0.15, 0.2) is 11.6 Å². The highest BCUT2D eigenvalue weighted by molar-refractivity contribution is 5.81. The molecule has 0 fully saturated rings. The molecule has 1 aromatic rings. The number of carbonyl (C=O) groups excluding carboxylic acids is 2. The van der Waals surface area contributed by atoms with Gasteiger partial charge in [-0.3, -0.25) is 9.59 Å². The zero-order valence-corrected chi connectivity index (χ0v) is 9.83. The van der Waals surface area contributed by atoms with Crippen molar-refractivity contribution in [3.63, 3.8) is 0 Å². The van der Waals surface area contributed by atoms with Crippen LogP contribution in [0.1, 0.15) is 12.0 Å². The number of carbonyl (C=O) groups is 2. The highest BCUT2D eigenvalue weighted by atomic mass is 19.2. The van der Waals surface area contributed by atoms with Crippen molar-refractivity contribution in [2.24, 2.45) is 0 Å². The van der Waals surface area contributed by atoms with Gasteiger partial charge in [0, 0.05) is 6.42 Å². The van der Waals surface area contributed by atoms with Crippen molar-refractivity contribution >= 4 is 11.9 Å². The summed E-state index contributed by atoms with van der Waals surface area (Å²) in [5, 5.41) is 2.35. The van der Waals surface area contributed by atoms with E-state index in [-0.39, 0.29) is 25.3 Å². The molecule has 0 unspecified atom stereocenters. The molecule has 0 aliphatic carbocycles. The standard InChI is InChI=1S/C12H13F2NO3/c1-18-12(17)7-15-11(16)5-3-8-2-4-9(13)10(14)6-8/h2,4,6H,3,5,7H2,1H3,(H,15,16). The van der Waals surface area contributed by atoms with Gasteiger partial charge in [-0.25, -0.2) is 8.78 Å². The zero-order valence-electron chi connectivity index (χ0n) is 9.83. The first-order valence-corrected chi connectivity index (χ1v) is 5.30. The highest BCUT2D eigenvalue weighted by Gasteiger charge is 2.07. The molecule has 0 saturated carbocycles. The van der Waals surface area contributed by atoms with E-state index < -0.39 is 17.6 Å². The van der Waals surface area contributed by atoms with E-state index >= 15 is 0 Å². The molecule has 6 heteroatoms. The lowest BCUT2D eigenvalue weighted by Crippen LogP contribution is -2.30. The van der Waals surface area contributed by atoms with E-state index in [0.29, 0.717) is 5.56 Å². The van der Waals surface area contributed by atoms with Crippen molar-refractivity contribution in [3.05, 3.63) is 35.4 Å². The second-order valence-electron chi connectivity index (χ2n) is 3.60. The van der Waals surface area contributed by atoms with Gasteiger partial charge < -0.3 is 10.1 Å². The average molecular weight is 257 g/mol. The minimum Gasteiger partial charge on any atom is -0.468 e. The molecule has 4 nitrogen and oxygen atoms in total. The third kappa shape index (κ3) is 4.48. The van der Waals surface area contributed by atoms with Crippen LogP contribution in [0, 0.1) is 11.6 Å². The highest BCUT2D eigenvalue weighted by Crippen LogP contribution is 2.10. The van der Waals surface area contributed by atoms with E-state index in [9.17, 15) is 18.4 Å². The molecule has 0 saturated heterocycles. The van der Waals surface area contributed by atoms with Gasteiger partial charge >= 0.3 is 5.97 Å². The van der Waals surface area contributed by atoms with E-state index in [1.807, 2.05) is 0 Å². The van der Waals surface area contributed by atoms with Gasteiger partial charge in [0.05, 0.1) is 7.11 Å². The fraction of sp³-hybridized carbons (Fsp3) is 0.333. The molecule has 1 amide bonds. The first-order valence-electron chi connectivity index (χ1n) is 5.30. The summed E-state index contributed by atoms with van der Waals surface area (Å²) in [6.07, 6.45) is 0.353.